The van der Waals surface area contributed by atoms with Crippen molar-refractivity contribution in [2.75, 3.05) is 31.1 Å². The number of alkyl halides is 3. The SMILES string of the molecule is O=C(O)C(F)(F)F.O=C(c1cccs1)N1CCCC2(CCN(c3ncc(F)cn3)C2)C1. The molecule has 1 unspecified atom stereocenters. The third-order valence-corrected chi connectivity index (χ3v) is 6.11. The van der Waals surface area contributed by atoms with Gasteiger partial charge in [-0.2, -0.15) is 13.2 Å². The van der Waals surface area contributed by atoms with Crippen LogP contribution in [0.5, 0.6) is 0 Å². The van der Waals surface area contributed by atoms with Gasteiger partial charge in [0.25, 0.3) is 5.91 Å². The second kappa shape index (κ2) is 9.16. The molecule has 7 nitrogen and oxygen atoms in total. The Balaban J connectivity index is 0.000000339. The molecular formula is C19H20F4N4O3S. The predicted molar refractivity (Wildman–Crippen MR) is 104 cm³/mol. The van der Waals surface area contributed by atoms with Crippen molar-refractivity contribution < 1.29 is 32.3 Å². The van der Waals surface area contributed by atoms with Crippen LogP contribution in [0.2, 0.25) is 0 Å². The van der Waals surface area contributed by atoms with E-state index in [1.807, 2.05) is 22.4 Å². The minimum atomic E-state index is -5.08. The van der Waals surface area contributed by atoms with E-state index in [2.05, 4.69) is 14.9 Å². The summed E-state index contributed by atoms with van der Waals surface area (Å²) in [6.45, 7) is 3.28. The van der Waals surface area contributed by atoms with Crippen LogP contribution in [0.4, 0.5) is 23.5 Å². The maximum Gasteiger partial charge on any atom is 0.490 e. The molecule has 12 heteroatoms. The Labute approximate surface area is 179 Å². The molecular weight excluding hydrogens is 440 g/mol. The number of carbonyl (C=O) groups excluding carboxylic acids is 1. The molecule has 2 fully saturated rings. The fraction of sp³-hybridized carbons (Fsp3) is 0.474. The fourth-order valence-electron chi connectivity index (χ4n) is 3.85. The van der Waals surface area contributed by atoms with E-state index in [9.17, 15) is 22.4 Å². The first-order chi connectivity index (χ1) is 14.6. The summed E-state index contributed by atoms with van der Waals surface area (Å²) < 4.78 is 44.7. The molecule has 0 saturated carbocycles. The van der Waals surface area contributed by atoms with E-state index < -0.39 is 18.0 Å². The maximum absolute atomic E-state index is 13.0. The van der Waals surface area contributed by atoms with Gasteiger partial charge in [-0.25, -0.2) is 19.2 Å². The smallest absolute Gasteiger partial charge is 0.475 e. The third-order valence-electron chi connectivity index (χ3n) is 5.25. The summed E-state index contributed by atoms with van der Waals surface area (Å²) >= 11 is 1.50. The Morgan fingerprint density at radius 3 is 2.39 bits per heavy atom. The minimum absolute atomic E-state index is 0.100. The van der Waals surface area contributed by atoms with Crippen molar-refractivity contribution in [1.29, 1.82) is 0 Å². The van der Waals surface area contributed by atoms with Crippen molar-refractivity contribution in [3.05, 3.63) is 40.6 Å². The molecule has 0 bridgehead atoms. The van der Waals surface area contributed by atoms with E-state index >= 15 is 0 Å². The highest BCUT2D eigenvalue weighted by Crippen LogP contribution is 2.40. The van der Waals surface area contributed by atoms with E-state index in [1.54, 1.807) is 0 Å². The van der Waals surface area contributed by atoms with E-state index in [-0.39, 0.29) is 11.3 Å². The van der Waals surface area contributed by atoms with Gasteiger partial charge in [0.2, 0.25) is 5.95 Å². The Morgan fingerprint density at radius 1 is 1.13 bits per heavy atom. The Kier molecular flexibility index (Phi) is 6.77. The number of carbonyl (C=O) groups is 2. The number of aromatic nitrogens is 2. The average Bonchev–Trinajstić information content (AvgIpc) is 3.39. The Bertz CT molecular complexity index is 908. The average molecular weight is 460 g/mol. The zero-order valence-corrected chi connectivity index (χ0v) is 17.1. The van der Waals surface area contributed by atoms with Gasteiger partial charge >= 0.3 is 12.1 Å². The molecule has 0 aliphatic carbocycles. The van der Waals surface area contributed by atoms with Crippen LogP contribution in [0.3, 0.4) is 0 Å². The summed E-state index contributed by atoms with van der Waals surface area (Å²) in [6.07, 6.45) is 0.484. The summed E-state index contributed by atoms with van der Waals surface area (Å²) in [5.74, 6) is -2.46. The van der Waals surface area contributed by atoms with Crippen LogP contribution in [-0.2, 0) is 4.79 Å². The lowest BCUT2D eigenvalue weighted by molar-refractivity contribution is -0.192. The lowest BCUT2D eigenvalue weighted by atomic mass is 9.79. The fourth-order valence-corrected chi connectivity index (χ4v) is 4.54. The van der Waals surface area contributed by atoms with Gasteiger partial charge in [0.15, 0.2) is 5.82 Å². The molecule has 2 saturated heterocycles. The molecule has 1 atom stereocenters. The highest BCUT2D eigenvalue weighted by atomic mass is 32.1. The van der Waals surface area contributed by atoms with Gasteiger partial charge in [-0.1, -0.05) is 6.07 Å². The lowest BCUT2D eigenvalue weighted by Crippen LogP contribution is -2.47. The van der Waals surface area contributed by atoms with Gasteiger partial charge in [0.1, 0.15) is 0 Å². The number of thiophene rings is 1. The van der Waals surface area contributed by atoms with Crippen LogP contribution >= 0.6 is 11.3 Å². The number of halogens is 4. The zero-order valence-electron chi connectivity index (χ0n) is 16.3. The maximum atomic E-state index is 13.0. The number of piperidine rings is 1. The number of aliphatic carboxylic acids is 1. The summed E-state index contributed by atoms with van der Waals surface area (Å²) in [6, 6.07) is 3.81. The number of anilines is 1. The summed E-state index contributed by atoms with van der Waals surface area (Å²) in [4.78, 5) is 34.6. The first-order valence-electron chi connectivity index (χ1n) is 9.45. The van der Waals surface area contributed by atoms with Gasteiger partial charge in [-0.05, 0) is 30.7 Å². The van der Waals surface area contributed by atoms with Crippen LogP contribution in [0, 0.1) is 11.2 Å². The van der Waals surface area contributed by atoms with Gasteiger partial charge < -0.3 is 14.9 Å². The van der Waals surface area contributed by atoms with Crippen molar-refractivity contribution in [3.8, 4) is 0 Å². The standard InChI is InChI=1S/C17H19FN4OS.C2HF3O2/c18-13-9-19-16(20-10-13)22-7-5-17(12-22)4-2-6-21(11-17)15(23)14-3-1-8-24-14;3-2(4,5)1(6)7/h1,3,8-10H,2,4-7,11-12H2;(H,6,7). The number of hydrogen-bond acceptors (Lipinski definition) is 6. The molecule has 0 radical (unpaired) electrons. The number of amides is 1. The van der Waals surface area contributed by atoms with Gasteiger partial charge in [-0.3, -0.25) is 4.79 Å². The van der Waals surface area contributed by atoms with Crippen molar-refractivity contribution >= 4 is 29.2 Å². The van der Waals surface area contributed by atoms with Crippen molar-refractivity contribution in [3.63, 3.8) is 0 Å². The first-order valence-corrected chi connectivity index (χ1v) is 10.3. The molecule has 1 spiro atoms. The molecule has 2 aromatic heterocycles. The Morgan fingerprint density at radius 2 is 1.81 bits per heavy atom. The molecule has 168 valence electrons. The number of carboxylic acid groups (broad SMARTS) is 1. The van der Waals surface area contributed by atoms with Crippen molar-refractivity contribution in [2.45, 2.75) is 25.4 Å². The zero-order chi connectivity index (χ0) is 22.6. The number of hydrogen-bond donors (Lipinski definition) is 1. The minimum Gasteiger partial charge on any atom is -0.475 e. The number of rotatable bonds is 2. The molecule has 2 aliphatic heterocycles. The van der Waals surface area contributed by atoms with Crippen molar-refractivity contribution in [2.24, 2.45) is 5.41 Å². The number of nitrogens with zero attached hydrogens (tertiary/aromatic N) is 4. The predicted octanol–water partition coefficient (Wildman–Crippen LogP) is 3.44. The normalized spacial score (nSPS) is 21.0. The van der Waals surface area contributed by atoms with Gasteiger partial charge in [0, 0.05) is 31.6 Å². The van der Waals surface area contributed by atoms with Crippen LogP contribution in [0.1, 0.15) is 28.9 Å². The van der Waals surface area contributed by atoms with Gasteiger partial charge in [0.05, 0.1) is 17.3 Å². The molecule has 1 N–H and O–H groups in total. The monoisotopic (exact) mass is 460 g/mol. The summed E-state index contributed by atoms with van der Waals surface area (Å²) in [5, 5.41) is 9.07. The molecule has 4 rings (SSSR count). The molecule has 4 heterocycles. The highest BCUT2D eigenvalue weighted by molar-refractivity contribution is 7.12. The summed E-state index contributed by atoms with van der Waals surface area (Å²) in [7, 11) is 0. The molecule has 2 aromatic rings. The number of carboxylic acids is 1. The molecule has 2 aliphatic rings. The quantitative estimate of drug-likeness (QED) is 0.691. The number of likely N-dealkylation sites (tertiary alicyclic amines) is 1. The van der Waals surface area contributed by atoms with E-state index in [1.165, 1.54) is 23.7 Å². The molecule has 31 heavy (non-hydrogen) atoms. The van der Waals surface area contributed by atoms with E-state index in [0.717, 1.165) is 50.3 Å². The van der Waals surface area contributed by atoms with Crippen LogP contribution in [-0.4, -0.2) is 64.2 Å². The lowest BCUT2D eigenvalue weighted by Gasteiger charge is -2.40. The first kappa shape index (κ1) is 22.9. The van der Waals surface area contributed by atoms with Crippen LogP contribution < -0.4 is 4.90 Å². The Hall–Kier alpha value is -2.76. The van der Waals surface area contributed by atoms with E-state index in [4.69, 9.17) is 9.90 Å². The topological polar surface area (TPSA) is 86.6 Å². The summed E-state index contributed by atoms with van der Waals surface area (Å²) in [5.41, 5.74) is 0.100. The van der Waals surface area contributed by atoms with Gasteiger partial charge in [-0.15, -0.1) is 11.3 Å². The largest absolute Gasteiger partial charge is 0.490 e. The second-order valence-corrected chi connectivity index (χ2v) is 8.43. The second-order valence-electron chi connectivity index (χ2n) is 7.48. The van der Waals surface area contributed by atoms with Crippen LogP contribution in [0.25, 0.3) is 0 Å². The highest BCUT2D eigenvalue weighted by Gasteiger charge is 2.43. The molecule has 1 amide bonds. The van der Waals surface area contributed by atoms with E-state index in [0.29, 0.717) is 5.95 Å². The molecule has 0 aromatic carbocycles. The van der Waals surface area contributed by atoms with Crippen LogP contribution in [0.15, 0.2) is 29.9 Å². The third kappa shape index (κ3) is 5.69. The van der Waals surface area contributed by atoms with Crippen molar-refractivity contribution in [1.82, 2.24) is 14.9 Å².